The number of ketones is 1. The molecule has 1 aromatic rings. The van der Waals surface area contributed by atoms with Gasteiger partial charge in [0.25, 0.3) is 0 Å². The molecule has 0 bridgehead atoms. The highest BCUT2D eigenvalue weighted by molar-refractivity contribution is 5.80. The second-order valence-corrected chi connectivity index (χ2v) is 4.99. The van der Waals surface area contributed by atoms with E-state index in [2.05, 4.69) is 13.8 Å². The van der Waals surface area contributed by atoms with Gasteiger partial charge in [-0.3, -0.25) is 4.79 Å². The Kier molecular flexibility index (Phi) is 6.40. The lowest BCUT2D eigenvalue weighted by molar-refractivity contribution is -0.118. The van der Waals surface area contributed by atoms with Crippen molar-refractivity contribution in [2.75, 3.05) is 13.2 Å². The second-order valence-electron chi connectivity index (χ2n) is 4.99. The molecule has 19 heavy (non-hydrogen) atoms. The van der Waals surface area contributed by atoms with Crippen LogP contribution in [0.25, 0.3) is 0 Å². The molecule has 0 unspecified atom stereocenters. The summed E-state index contributed by atoms with van der Waals surface area (Å²) >= 11 is 0. The van der Waals surface area contributed by atoms with E-state index < -0.39 is 0 Å². The first-order valence-electron chi connectivity index (χ1n) is 6.97. The number of benzene rings is 1. The van der Waals surface area contributed by atoms with Crippen molar-refractivity contribution in [3.63, 3.8) is 0 Å². The smallest absolute Gasteiger partial charge is 0.161 e. The Hall–Kier alpha value is -1.51. The lowest BCUT2D eigenvalue weighted by Gasteiger charge is -2.14. The van der Waals surface area contributed by atoms with Gasteiger partial charge < -0.3 is 9.47 Å². The molecular weight excluding hydrogens is 240 g/mol. The summed E-state index contributed by atoms with van der Waals surface area (Å²) in [5, 5.41) is 0. The maximum Gasteiger partial charge on any atom is 0.161 e. The van der Waals surface area contributed by atoms with Crippen LogP contribution in [0.4, 0.5) is 0 Å². The van der Waals surface area contributed by atoms with Crippen molar-refractivity contribution in [3.8, 4) is 11.5 Å². The molecule has 0 atom stereocenters. The molecule has 0 aliphatic carbocycles. The normalized spacial score (nSPS) is 10.6. The summed E-state index contributed by atoms with van der Waals surface area (Å²) in [6.45, 7) is 9.28. The summed E-state index contributed by atoms with van der Waals surface area (Å²) in [7, 11) is 0. The second kappa shape index (κ2) is 7.82. The zero-order valence-corrected chi connectivity index (χ0v) is 12.4. The number of carbonyl (C=O) groups excluding carboxylic acids is 1. The highest BCUT2D eigenvalue weighted by Gasteiger charge is 2.09. The van der Waals surface area contributed by atoms with Crippen LogP contribution in [0.2, 0.25) is 0 Å². The monoisotopic (exact) mass is 264 g/mol. The van der Waals surface area contributed by atoms with E-state index in [-0.39, 0.29) is 5.78 Å². The molecule has 1 rings (SSSR count). The molecule has 0 amide bonds. The number of Topliss-reactive ketones (excluding diaryl/α,β-unsaturated/α-hetero) is 1. The highest BCUT2D eigenvalue weighted by atomic mass is 16.5. The van der Waals surface area contributed by atoms with E-state index in [0.29, 0.717) is 32.0 Å². The molecule has 0 N–H and O–H groups in total. The van der Waals surface area contributed by atoms with Crippen LogP contribution in [0.3, 0.4) is 0 Å². The van der Waals surface area contributed by atoms with Gasteiger partial charge in [0, 0.05) is 12.8 Å². The van der Waals surface area contributed by atoms with Gasteiger partial charge in [-0.15, -0.1) is 0 Å². The van der Waals surface area contributed by atoms with Gasteiger partial charge in [-0.05, 0) is 30.5 Å². The largest absolute Gasteiger partial charge is 0.490 e. The van der Waals surface area contributed by atoms with Gasteiger partial charge in [0.1, 0.15) is 5.78 Å². The Balaban J connectivity index is 2.84. The molecule has 0 radical (unpaired) electrons. The van der Waals surface area contributed by atoms with E-state index in [4.69, 9.17) is 9.47 Å². The predicted octanol–water partition coefficient (Wildman–Crippen LogP) is 3.64. The van der Waals surface area contributed by atoms with Gasteiger partial charge in [0.15, 0.2) is 11.5 Å². The van der Waals surface area contributed by atoms with Crippen LogP contribution in [0.5, 0.6) is 11.5 Å². The quantitative estimate of drug-likeness (QED) is 0.719. The fourth-order valence-corrected chi connectivity index (χ4v) is 1.66. The van der Waals surface area contributed by atoms with Crippen LogP contribution in [-0.4, -0.2) is 19.0 Å². The minimum Gasteiger partial charge on any atom is -0.490 e. The first-order valence-corrected chi connectivity index (χ1v) is 6.97. The molecule has 0 spiro atoms. The van der Waals surface area contributed by atoms with Crippen LogP contribution in [0.1, 0.15) is 39.7 Å². The zero-order chi connectivity index (χ0) is 14.3. The van der Waals surface area contributed by atoms with Crippen molar-refractivity contribution in [2.45, 2.75) is 40.5 Å². The molecule has 0 saturated carbocycles. The van der Waals surface area contributed by atoms with Crippen molar-refractivity contribution in [3.05, 3.63) is 23.8 Å². The molecule has 3 heteroatoms. The van der Waals surface area contributed by atoms with E-state index in [9.17, 15) is 4.79 Å². The van der Waals surface area contributed by atoms with Crippen LogP contribution >= 0.6 is 0 Å². The summed E-state index contributed by atoms with van der Waals surface area (Å²) < 4.78 is 11.3. The van der Waals surface area contributed by atoms with Crippen molar-refractivity contribution < 1.29 is 14.3 Å². The topological polar surface area (TPSA) is 35.5 Å². The molecule has 0 aliphatic rings. The van der Waals surface area contributed by atoms with Gasteiger partial charge in [-0.2, -0.15) is 0 Å². The third kappa shape index (κ3) is 5.33. The summed E-state index contributed by atoms with van der Waals surface area (Å²) in [5.41, 5.74) is 0.979. The Bertz CT molecular complexity index is 410. The summed E-state index contributed by atoms with van der Waals surface area (Å²) in [6.07, 6.45) is 1.02. The van der Waals surface area contributed by atoms with E-state index >= 15 is 0 Å². The SMILES string of the molecule is CCOc1cc(CC(=O)CC)ccc1OCC(C)C. The number of carbonyl (C=O) groups is 1. The Morgan fingerprint density at radius 3 is 2.47 bits per heavy atom. The van der Waals surface area contributed by atoms with Gasteiger partial charge in [-0.25, -0.2) is 0 Å². The first-order chi connectivity index (χ1) is 9.06. The lowest BCUT2D eigenvalue weighted by atomic mass is 10.1. The zero-order valence-electron chi connectivity index (χ0n) is 12.4. The highest BCUT2D eigenvalue weighted by Crippen LogP contribution is 2.29. The summed E-state index contributed by atoms with van der Waals surface area (Å²) in [5.74, 6) is 2.18. The number of hydrogen-bond acceptors (Lipinski definition) is 3. The van der Waals surface area contributed by atoms with Gasteiger partial charge in [0.05, 0.1) is 13.2 Å². The third-order valence-electron chi connectivity index (χ3n) is 2.68. The van der Waals surface area contributed by atoms with Crippen molar-refractivity contribution in [1.82, 2.24) is 0 Å². The summed E-state index contributed by atoms with van der Waals surface area (Å²) in [6, 6.07) is 5.74. The van der Waals surface area contributed by atoms with Crippen molar-refractivity contribution in [2.24, 2.45) is 5.92 Å². The number of rotatable bonds is 8. The van der Waals surface area contributed by atoms with Crippen LogP contribution in [0, 0.1) is 5.92 Å². The van der Waals surface area contributed by atoms with Crippen LogP contribution in [0.15, 0.2) is 18.2 Å². The molecular formula is C16H24O3. The fourth-order valence-electron chi connectivity index (χ4n) is 1.66. The molecule has 3 nitrogen and oxygen atoms in total. The maximum atomic E-state index is 11.5. The molecule has 106 valence electrons. The van der Waals surface area contributed by atoms with Gasteiger partial charge in [0.2, 0.25) is 0 Å². The molecule has 0 aromatic heterocycles. The Morgan fingerprint density at radius 2 is 1.89 bits per heavy atom. The van der Waals surface area contributed by atoms with Crippen LogP contribution in [-0.2, 0) is 11.2 Å². The predicted molar refractivity (Wildman–Crippen MR) is 76.9 cm³/mol. The molecule has 0 fully saturated rings. The average Bonchev–Trinajstić information content (AvgIpc) is 2.38. The average molecular weight is 264 g/mol. The van der Waals surface area contributed by atoms with Crippen molar-refractivity contribution >= 4 is 5.78 Å². The summed E-state index contributed by atoms with van der Waals surface area (Å²) in [4.78, 5) is 11.5. The van der Waals surface area contributed by atoms with Crippen molar-refractivity contribution in [1.29, 1.82) is 0 Å². The first kappa shape index (κ1) is 15.5. The van der Waals surface area contributed by atoms with Gasteiger partial charge >= 0.3 is 0 Å². The van der Waals surface area contributed by atoms with E-state index in [1.165, 1.54) is 0 Å². The van der Waals surface area contributed by atoms with E-state index in [1.807, 2.05) is 32.0 Å². The third-order valence-corrected chi connectivity index (χ3v) is 2.68. The number of ether oxygens (including phenoxy) is 2. The Labute approximate surface area is 115 Å². The van der Waals surface area contributed by atoms with Crippen LogP contribution < -0.4 is 9.47 Å². The van der Waals surface area contributed by atoms with Gasteiger partial charge in [-0.1, -0.05) is 26.8 Å². The van der Waals surface area contributed by atoms with E-state index in [0.717, 1.165) is 17.1 Å². The standard InChI is InChI=1S/C16H24O3/c1-5-14(17)9-13-7-8-15(19-11-12(3)4)16(10-13)18-6-2/h7-8,10,12H,5-6,9,11H2,1-4H3. The lowest BCUT2D eigenvalue weighted by Crippen LogP contribution is -2.07. The molecule has 1 aromatic carbocycles. The molecule has 0 aliphatic heterocycles. The maximum absolute atomic E-state index is 11.5. The molecule has 0 saturated heterocycles. The fraction of sp³-hybridized carbons (Fsp3) is 0.562. The molecule has 0 heterocycles. The minimum absolute atomic E-state index is 0.235. The minimum atomic E-state index is 0.235. The number of hydrogen-bond donors (Lipinski definition) is 0. The van der Waals surface area contributed by atoms with E-state index in [1.54, 1.807) is 0 Å². The Morgan fingerprint density at radius 1 is 1.16 bits per heavy atom.